The van der Waals surface area contributed by atoms with Crippen LogP contribution >= 0.6 is 15.9 Å². The lowest BCUT2D eigenvalue weighted by molar-refractivity contribution is -0.910. The summed E-state index contributed by atoms with van der Waals surface area (Å²) in [5.74, 6) is 0. The first-order chi connectivity index (χ1) is 9.18. The Morgan fingerprint density at radius 2 is 1.05 bits per heavy atom. The number of quaternary nitrogens is 1. The lowest BCUT2D eigenvalue weighted by Gasteiger charge is -2.35. The van der Waals surface area contributed by atoms with Gasteiger partial charge in [-0.25, -0.2) is 0 Å². The normalized spacial score (nSPS) is 11.4. The van der Waals surface area contributed by atoms with Crippen LogP contribution in [0.2, 0.25) is 0 Å². The molecule has 20 heavy (non-hydrogen) atoms. The number of rotatable bonds is 14. The van der Waals surface area contributed by atoms with Gasteiger partial charge in [0.15, 0.2) is 0 Å². The molecule has 0 bridgehead atoms. The van der Waals surface area contributed by atoms with Gasteiger partial charge in [0.1, 0.15) is 0 Å². The average molecular weight is 415 g/mol. The molecule has 1 nitrogen and oxygen atoms in total. The van der Waals surface area contributed by atoms with Gasteiger partial charge in [0, 0.05) is 5.33 Å². The van der Waals surface area contributed by atoms with Crippen molar-refractivity contribution in [2.75, 3.05) is 32.0 Å². The van der Waals surface area contributed by atoms with Crippen LogP contribution in [0.3, 0.4) is 0 Å². The van der Waals surface area contributed by atoms with E-state index in [0.29, 0.717) is 0 Å². The van der Waals surface area contributed by atoms with Gasteiger partial charge in [-0.1, -0.05) is 55.5 Å². The highest BCUT2D eigenvalue weighted by Crippen LogP contribution is 2.14. The molecule has 0 amide bonds. The number of unbranched alkanes of at least 4 members (excludes halogenated alkanes) is 7. The summed E-state index contributed by atoms with van der Waals surface area (Å²) in [5.41, 5.74) is 0. The van der Waals surface area contributed by atoms with Crippen molar-refractivity contribution in [1.29, 1.82) is 0 Å². The van der Waals surface area contributed by atoms with Crippen molar-refractivity contribution in [2.45, 2.75) is 78.1 Å². The predicted molar refractivity (Wildman–Crippen MR) is 92.1 cm³/mol. The molecule has 0 atom stereocenters. The largest absolute Gasteiger partial charge is 1.00 e. The maximum atomic E-state index is 3.56. The van der Waals surface area contributed by atoms with Crippen molar-refractivity contribution < 1.29 is 21.5 Å². The molecule has 0 unspecified atom stereocenters. The number of nitrogens with zero attached hydrogens (tertiary/aromatic N) is 1. The van der Waals surface area contributed by atoms with Crippen molar-refractivity contribution in [3.8, 4) is 0 Å². The highest BCUT2D eigenvalue weighted by Gasteiger charge is 2.19. The predicted octanol–water partition coefficient (Wildman–Crippen LogP) is 2.77. The molecule has 0 aromatic heterocycles. The third kappa shape index (κ3) is 13.9. The van der Waals surface area contributed by atoms with Crippen molar-refractivity contribution in [2.24, 2.45) is 0 Å². The lowest BCUT2D eigenvalue weighted by Crippen LogP contribution is -3.00. The summed E-state index contributed by atoms with van der Waals surface area (Å²) >= 11 is 3.56. The molecule has 0 aliphatic carbocycles. The SMILES string of the molecule is CCCCCC[N+](C)(CCCCBr)CCCCCC.[Br-]. The summed E-state index contributed by atoms with van der Waals surface area (Å²) in [4.78, 5) is 0. The Morgan fingerprint density at radius 1 is 0.650 bits per heavy atom. The number of alkyl halides is 1. The fourth-order valence-electron chi connectivity index (χ4n) is 2.76. The highest BCUT2D eigenvalue weighted by atomic mass is 79.9. The molecule has 0 radical (unpaired) electrons. The van der Waals surface area contributed by atoms with E-state index >= 15 is 0 Å². The Bertz CT molecular complexity index is 174. The van der Waals surface area contributed by atoms with Crippen LogP contribution in [0.1, 0.15) is 78.1 Å². The molecule has 0 saturated carbocycles. The fourth-order valence-corrected chi connectivity index (χ4v) is 3.16. The van der Waals surface area contributed by atoms with Gasteiger partial charge >= 0.3 is 0 Å². The zero-order valence-corrected chi connectivity index (χ0v) is 17.3. The zero-order valence-electron chi connectivity index (χ0n) is 14.1. The first-order valence-corrected chi connectivity index (χ1v) is 9.70. The summed E-state index contributed by atoms with van der Waals surface area (Å²) in [6, 6.07) is 0. The van der Waals surface area contributed by atoms with E-state index in [9.17, 15) is 0 Å². The second-order valence-corrected chi connectivity index (χ2v) is 7.10. The van der Waals surface area contributed by atoms with Crippen LogP contribution in [0.4, 0.5) is 0 Å². The Morgan fingerprint density at radius 3 is 1.40 bits per heavy atom. The molecule has 0 spiro atoms. The van der Waals surface area contributed by atoms with Gasteiger partial charge in [-0.3, -0.25) is 0 Å². The third-order valence-electron chi connectivity index (χ3n) is 4.18. The molecule has 0 aromatic carbocycles. The summed E-state index contributed by atoms with van der Waals surface area (Å²) in [7, 11) is 2.49. The number of halogens is 2. The molecule has 0 fully saturated rings. The van der Waals surface area contributed by atoms with Crippen molar-refractivity contribution >= 4 is 15.9 Å². The summed E-state index contributed by atoms with van der Waals surface area (Å²) in [6.45, 7) is 8.77. The maximum absolute atomic E-state index is 3.56. The van der Waals surface area contributed by atoms with Gasteiger partial charge in [0.25, 0.3) is 0 Å². The molecule has 0 aromatic rings. The summed E-state index contributed by atoms with van der Waals surface area (Å²) in [6.07, 6.45) is 13.9. The fraction of sp³-hybridized carbons (Fsp3) is 1.00. The van der Waals surface area contributed by atoms with Crippen LogP contribution in [0, 0.1) is 0 Å². The lowest BCUT2D eigenvalue weighted by atomic mass is 10.1. The number of hydrogen-bond donors (Lipinski definition) is 0. The van der Waals surface area contributed by atoms with Crippen LogP contribution in [0.15, 0.2) is 0 Å². The first kappa shape index (κ1) is 23.2. The van der Waals surface area contributed by atoms with Crippen LogP contribution in [0.5, 0.6) is 0 Å². The molecule has 3 heteroatoms. The molecule has 0 aliphatic heterocycles. The second kappa shape index (κ2) is 16.3. The summed E-state index contributed by atoms with van der Waals surface area (Å²) in [5, 5.41) is 1.17. The summed E-state index contributed by atoms with van der Waals surface area (Å²) < 4.78 is 1.32. The van der Waals surface area contributed by atoms with Crippen molar-refractivity contribution in [3.63, 3.8) is 0 Å². The van der Waals surface area contributed by atoms with Gasteiger partial charge < -0.3 is 21.5 Å². The maximum Gasteiger partial charge on any atom is 0.0784 e. The molecule has 0 aliphatic rings. The van der Waals surface area contributed by atoms with E-state index in [1.807, 2.05) is 0 Å². The van der Waals surface area contributed by atoms with Gasteiger partial charge in [0.2, 0.25) is 0 Å². The molecule has 124 valence electrons. The van der Waals surface area contributed by atoms with E-state index < -0.39 is 0 Å². The molecular weight excluding hydrogens is 378 g/mol. The van der Waals surface area contributed by atoms with Crippen LogP contribution < -0.4 is 17.0 Å². The minimum absolute atomic E-state index is 0. The Balaban J connectivity index is 0. The van der Waals surface area contributed by atoms with Crippen molar-refractivity contribution in [3.05, 3.63) is 0 Å². The Kier molecular flexibility index (Phi) is 18.9. The Labute approximate surface area is 147 Å². The molecule has 0 heterocycles. The third-order valence-corrected chi connectivity index (χ3v) is 4.75. The van der Waals surface area contributed by atoms with Gasteiger partial charge in [0.05, 0.1) is 26.7 Å². The van der Waals surface area contributed by atoms with Crippen LogP contribution in [-0.4, -0.2) is 36.5 Å². The standard InChI is InChI=1S/C17H37BrN.BrH/c1-4-6-8-11-15-19(3,17-13-10-14-18)16-12-9-7-5-2;/h4-17H2,1-3H3;1H/q+1;/p-1. The van der Waals surface area contributed by atoms with Gasteiger partial charge in [-0.2, -0.15) is 0 Å². The second-order valence-electron chi connectivity index (χ2n) is 6.31. The van der Waals surface area contributed by atoms with E-state index in [0.717, 1.165) is 0 Å². The van der Waals surface area contributed by atoms with Crippen molar-refractivity contribution in [1.82, 2.24) is 0 Å². The smallest absolute Gasteiger partial charge is 0.0784 e. The molecule has 0 N–H and O–H groups in total. The Hall–Kier alpha value is 0.920. The van der Waals surface area contributed by atoms with E-state index in [1.165, 1.54) is 93.7 Å². The van der Waals surface area contributed by atoms with Gasteiger partial charge in [-0.05, 0) is 38.5 Å². The van der Waals surface area contributed by atoms with E-state index in [2.05, 4.69) is 36.8 Å². The molecule has 0 saturated heterocycles. The van der Waals surface area contributed by atoms with Crippen LogP contribution in [-0.2, 0) is 0 Å². The highest BCUT2D eigenvalue weighted by molar-refractivity contribution is 9.09. The van der Waals surface area contributed by atoms with Gasteiger partial charge in [-0.15, -0.1) is 0 Å². The molecule has 0 rings (SSSR count). The van der Waals surface area contributed by atoms with Crippen LogP contribution in [0.25, 0.3) is 0 Å². The minimum Gasteiger partial charge on any atom is -1.00 e. The first-order valence-electron chi connectivity index (χ1n) is 8.58. The zero-order chi connectivity index (χ0) is 14.4. The quantitative estimate of drug-likeness (QED) is 0.233. The van der Waals surface area contributed by atoms with E-state index in [-0.39, 0.29) is 17.0 Å². The minimum atomic E-state index is 0. The number of hydrogen-bond acceptors (Lipinski definition) is 0. The topological polar surface area (TPSA) is 0 Å². The average Bonchev–Trinajstić information content (AvgIpc) is 2.41. The van der Waals surface area contributed by atoms with E-state index in [1.54, 1.807) is 0 Å². The van der Waals surface area contributed by atoms with E-state index in [4.69, 9.17) is 0 Å². The monoisotopic (exact) mass is 413 g/mol. The molecular formula is C17H37Br2N.